The lowest BCUT2D eigenvalue weighted by atomic mass is 10.2. The van der Waals surface area contributed by atoms with E-state index in [1.54, 1.807) is 44.3 Å². The van der Waals surface area contributed by atoms with Crippen molar-refractivity contribution in [1.82, 2.24) is 29.5 Å². The van der Waals surface area contributed by atoms with E-state index in [1.165, 1.54) is 15.6 Å². The summed E-state index contributed by atoms with van der Waals surface area (Å²) in [5.74, 6) is 0.117. The number of hydrogen-bond acceptors (Lipinski definition) is 5. The van der Waals surface area contributed by atoms with Gasteiger partial charge in [0.15, 0.2) is 5.65 Å². The summed E-state index contributed by atoms with van der Waals surface area (Å²) in [6.07, 6.45) is 1.44. The van der Waals surface area contributed by atoms with Crippen molar-refractivity contribution in [2.24, 2.45) is 7.05 Å². The lowest BCUT2D eigenvalue weighted by Gasteiger charge is -2.09. The molecule has 0 radical (unpaired) electrons. The molecule has 9 nitrogen and oxygen atoms in total. The van der Waals surface area contributed by atoms with Crippen LogP contribution in [0.4, 0.5) is 5.82 Å². The molecule has 2 N–H and O–H groups in total. The Kier molecular flexibility index (Phi) is 4.00. The van der Waals surface area contributed by atoms with Gasteiger partial charge in [-0.3, -0.25) is 19.3 Å². The number of nitrogens with one attached hydrogen (secondary N) is 2. The fourth-order valence-electron chi connectivity index (χ4n) is 2.70. The molecule has 27 heavy (non-hydrogen) atoms. The third-order valence-corrected chi connectivity index (χ3v) is 4.31. The smallest absolute Gasteiger partial charge is 0.263 e. The fraction of sp³-hybridized carbons (Fsp3) is 0.118. The van der Waals surface area contributed by atoms with Gasteiger partial charge in [-0.2, -0.15) is 19.9 Å². The number of aryl methyl sites for hydroxylation is 2. The number of fused-ring (bicyclic) bond motifs is 1. The van der Waals surface area contributed by atoms with Crippen molar-refractivity contribution in [3.63, 3.8) is 0 Å². The first kappa shape index (κ1) is 17.0. The number of halogens is 1. The maximum absolute atomic E-state index is 12.6. The number of benzene rings is 1. The summed E-state index contributed by atoms with van der Waals surface area (Å²) < 4.78 is 2.85. The van der Waals surface area contributed by atoms with Crippen LogP contribution >= 0.6 is 11.6 Å². The van der Waals surface area contributed by atoms with E-state index in [0.29, 0.717) is 33.1 Å². The molecule has 0 bridgehead atoms. The van der Waals surface area contributed by atoms with Gasteiger partial charge in [0.2, 0.25) is 5.95 Å². The van der Waals surface area contributed by atoms with Crippen LogP contribution in [0.3, 0.4) is 0 Å². The Bertz CT molecular complexity index is 1240. The average Bonchev–Trinajstić information content (AvgIpc) is 3.18. The number of amides is 1. The van der Waals surface area contributed by atoms with Crippen LogP contribution in [0, 0.1) is 6.92 Å². The van der Waals surface area contributed by atoms with Crippen molar-refractivity contribution in [1.29, 1.82) is 0 Å². The normalized spacial score (nSPS) is 11.1. The first-order valence-corrected chi connectivity index (χ1v) is 8.37. The monoisotopic (exact) mass is 383 g/mol. The molecule has 0 unspecified atom stereocenters. The van der Waals surface area contributed by atoms with Crippen molar-refractivity contribution in [2.45, 2.75) is 6.92 Å². The zero-order valence-corrected chi connectivity index (χ0v) is 15.2. The van der Waals surface area contributed by atoms with Crippen LogP contribution in [0.25, 0.3) is 17.0 Å². The predicted octanol–water partition coefficient (Wildman–Crippen LogP) is 2.06. The van der Waals surface area contributed by atoms with E-state index >= 15 is 0 Å². The largest absolute Gasteiger partial charge is 0.306 e. The van der Waals surface area contributed by atoms with Crippen molar-refractivity contribution < 1.29 is 4.79 Å². The molecule has 0 aliphatic carbocycles. The number of carbonyl (C=O) groups is 1. The molecular formula is C17H14ClN7O2. The summed E-state index contributed by atoms with van der Waals surface area (Å²) >= 11 is 6.09. The number of rotatable bonds is 3. The summed E-state index contributed by atoms with van der Waals surface area (Å²) in [4.78, 5) is 31.9. The Morgan fingerprint density at radius 1 is 1.30 bits per heavy atom. The summed E-state index contributed by atoms with van der Waals surface area (Å²) in [5.41, 5.74) is 1.02. The molecule has 3 aromatic heterocycles. The molecular weight excluding hydrogens is 370 g/mol. The topological polar surface area (TPSA) is 110 Å². The van der Waals surface area contributed by atoms with Crippen LogP contribution in [0.15, 0.2) is 41.3 Å². The SMILES string of the molecule is Cc1cc(NC(=O)c2ccccc2Cl)n(-c2nc3c(cnn3C)c(=O)[nH]2)n1. The molecule has 0 aliphatic heterocycles. The molecule has 0 fully saturated rings. The van der Waals surface area contributed by atoms with Crippen molar-refractivity contribution in [3.8, 4) is 5.95 Å². The van der Waals surface area contributed by atoms with Gasteiger partial charge in [-0.15, -0.1) is 0 Å². The molecule has 1 aromatic carbocycles. The van der Waals surface area contributed by atoms with Gasteiger partial charge in [0.25, 0.3) is 11.5 Å². The van der Waals surface area contributed by atoms with E-state index in [0.717, 1.165) is 0 Å². The second-order valence-corrected chi connectivity index (χ2v) is 6.32. The van der Waals surface area contributed by atoms with Gasteiger partial charge in [0.1, 0.15) is 11.2 Å². The van der Waals surface area contributed by atoms with E-state index in [4.69, 9.17) is 11.6 Å². The molecule has 0 atom stereocenters. The molecule has 10 heteroatoms. The van der Waals surface area contributed by atoms with Crippen molar-refractivity contribution in [3.05, 3.63) is 63.2 Å². The van der Waals surface area contributed by atoms with Gasteiger partial charge < -0.3 is 5.32 Å². The lowest BCUT2D eigenvalue weighted by Crippen LogP contribution is -2.19. The molecule has 1 amide bonds. The summed E-state index contributed by atoms with van der Waals surface area (Å²) in [7, 11) is 1.69. The first-order valence-electron chi connectivity index (χ1n) is 7.99. The maximum atomic E-state index is 12.6. The Hall–Kier alpha value is -3.46. The Balaban J connectivity index is 1.78. The highest BCUT2D eigenvalue weighted by Gasteiger charge is 2.17. The quantitative estimate of drug-likeness (QED) is 0.562. The van der Waals surface area contributed by atoms with Crippen LogP contribution in [-0.2, 0) is 7.05 Å². The standard InChI is InChI=1S/C17H14ClN7O2/c1-9-7-13(20-15(26)10-5-3-4-6-12(10)18)25(23-9)17-21-14-11(16(27)22-17)8-19-24(14)2/h3-8H,1-2H3,(H,20,26)(H,21,22,27). The zero-order chi connectivity index (χ0) is 19.1. The number of nitrogens with zero attached hydrogens (tertiary/aromatic N) is 5. The minimum atomic E-state index is -0.397. The highest BCUT2D eigenvalue weighted by molar-refractivity contribution is 6.34. The molecule has 0 aliphatic rings. The molecule has 0 saturated heterocycles. The van der Waals surface area contributed by atoms with Crippen LogP contribution in [0.1, 0.15) is 16.1 Å². The number of aromatic amines is 1. The van der Waals surface area contributed by atoms with Gasteiger partial charge in [0, 0.05) is 13.1 Å². The first-order chi connectivity index (χ1) is 12.9. The maximum Gasteiger partial charge on any atom is 0.263 e. The third kappa shape index (κ3) is 2.97. The van der Waals surface area contributed by atoms with Crippen molar-refractivity contribution in [2.75, 3.05) is 5.32 Å². The van der Waals surface area contributed by atoms with Gasteiger partial charge in [0.05, 0.1) is 22.5 Å². The Morgan fingerprint density at radius 3 is 2.85 bits per heavy atom. The van der Waals surface area contributed by atoms with Crippen LogP contribution < -0.4 is 10.9 Å². The van der Waals surface area contributed by atoms with Gasteiger partial charge >= 0.3 is 0 Å². The van der Waals surface area contributed by atoms with Crippen LogP contribution in [0.5, 0.6) is 0 Å². The van der Waals surface area contributed by atoms with E-state index in [1.807, 2.05) is 0 Å². The Morgan fingerprint density at radius 2 is 2.07 bits per heavy atom. The van der Waals surface area contributed by atoms with Crippen LogP contribution in [-0.4, -0.2) is 35.4 Å². The highest BCUT2D eigenvalue weighted by Crippen LogP contribution is 2.19. The van der Waals surface area contributed by atoms with Crippen LogP contribution in [0.2, 0.25) is 5.02 Å². The molecule has 136 valence electrons. The second-order valence-electron chi connectivity index (χ2n) is 5.91. The molecule has 4 aromatic rings. The molecule has 3 heterocycles. The number of aromatic nitrogens is 6. The average molecular weight is 384 g/mol. The Labute approximate surface area is 157 Å². The summed E-state index contributed by atoms with van der Waals surface area (Å²) in [5, 5.41) is 11.8. The minimum absolute atomic E-state index is 0.165. The number of H-pyrrole nitrogens is 1. The lowest BCUT2D eigenvalue weighted by molar-refractivity contribution is 0.102. The fourth-order valence-corrected chi connectivity index (χ4v) is 2.92. The third-order valence-electron chi connectivity index (χ3n) is 3.98. The van der Waals surface area contributed by atoms with E-state index in [2.05, 4.69) is 25.5 Å². The second kappa shape index (κ2) is 6.36. The van der Waals surface area contributed by atoms with Gasteiger partial charge in [-0.05, 0) is 19.1 Å². The van der Waals surface area contributed by atoms with Gasteiger partial charge in [-0.1, -0.05) is 23.7 Å². The van der Waals surface area contributed by atoms with E-state index < -0.39 is 5.91 Å². The number of carbonyl (C=O) groups excluding carboxylic acids is 1. The number of anilines is 1. The van der Waals surface area contributed by atoms with Gasteiger partial charge in [-0.25, -0.2) is 0 Å². The van der Waals surface area contributed by atoms with E-state index in [9.17, 15) is 9.59 Å². The predicted molar refractivity (Wildman–Crippen MR) is 100 cm³/mol. The summed E-state index contributed by atoms with van der Waals surface area (Å²) in [6.45, 7) is 1.77. The summed E-state index contributed by atoms with van der Waals surface area (Å²) in [6, 6.07) is 8.38. The zero-order valence-electron chi connectivity index (χ0n) is 14.4. The molecule has 0 saturated carbocycles. The van der Waals surface area contributed by atoms with E-state index in [-0.39, 0.29) is 11.5 Å². The highest BCUT2D eigenvalue weighted by atomic mass is 35.5. The molecule has 4 rings (SSSR count). The minimum Gasteiger partial charge on any atom is -0.306 e. The van der Waals surface area contributed by atoms with Crippen molar-refractivity contribution >= 4 is 34.4 Å². The number of hydrogen-bond donors (Lipinski definition) is 2. The molecule has 0 spiro atoms.